The van der Waals surface area contributed by atoms with E-state index in [2.05, 4.69) is 29.3 Å². The molecule has 23 heavy (non-hydrogen) atoms. The summed E-state index contributed by atoms with van der Waals surface area (Å²) in [6, 6.07) is 6.07. The molecule has 2 heterocycles. The number of fused-ring (bicyclic) bond motifs is 1. The Labute approximate surface area is 136 Å². The molecule has 0 aliphatic heterocycles. The average molecular weight is 309 g/mol. The first-order valence-electron chi connectivity index (χ1n) is 8.23. The number of hydrogen-bond acceptors (Lipinski definition) is 4. The predicted molar refractivity (Wildman–Crippen MR) is 93.0 cm³/mol. The van der Waals surface area contributed by atoms with Crippen LogP contribution in [0, 0.1) is 6.92 Å². The average Bonchev–Trinajstić information content (AvgIpc) is 3.03. The molecule has 3 rings (SSSR count). The third kappa shape index (κ3) is 3.74. The Morgan fingerprint density at radius 1 is 1.09 bits per heavy atom. The molecule has 2 aromatic heterocycles. The van der Waals surface area contributed by atoms with E-state index in [1.165, 1.54) is 12.8 Å². The lowest BCUT2D eigenvalue weighted by Crippen LogP contribution is -2.00. The summed E-state index contributed by atoms with van der Waals surface area (Å²) in [7, 11) is 0. The first-order valence-corrected chi connectivity index (χ1v) is 8.23. The van der Waals surface area contributed by atoms with Gasteiger partial charge in [-0.3, -0.25) is 9.67 Å². The van der Waals surface area contributed by atoms with E-state index in [4.69, 9.17) is 10.7 Å². The number of aryl methyl sites for hydroxylation is 2. The quantitative estimate of drug-likeness (QED) is 0.680. The Morgan fingerprint density at radius 3 is 2.83 bits per heavy atom. The van der Waals surface area contributed by atoms with E-state index >= 15 is 0 Å². The third-order valence-corrected chi connectivity index (χ3v) is 4.04. The zero-order valence-electron chi connectivity index (χ0n) is 13.6. The van der Waals surface area contributed by atoms with Crippen LogP contribution in [-0.4, -0.2) is 26.3 Å². The number of hydrogen-bond donors (Lipinski definition) is 1. The molecule has 0 atom stereocenters. The third-order valence-electron chi connectivity index (χ3n) is 4.04. The van der Waals surface area contributed by atoms with Gasteiger partial charge in [0.15, 0.2) is 0 Å². The van der Waals surface area contributed by atoms with E-state index in [1.54, 1.807) is 0 Å². The lowest BCUT2D eigenvalue weighted by molar-refractivity contribution is 0.537. The molecule has 0 aliphatic rings. The molecule has 0 aliphatic carbocycles. The zero-order chi connectivity index (χ0) is 16.1. The molecule has 5 heteroatoms. The van der Waals surface area contributed by atoms with Crippen molar-refractivity contribution in [3.8, 4) is 11.3 Å². The number of nitrogens with zero attached hydrogens (tertiary/aromatic N) is 4. The lowest BCUT2D eigenvalue weighted by Gasteiger charge is -2.03. The van der Waals surface area contributed by atoms with E-state index < -0.39 is 0 Å². The van der Waals surface area contributed by atoms with Crippen molar-refractivity contribution in [3.63, 3.8) is 0 Å². The van der Waals surface area contributed by atoms with Gasteiger partial charge in [0.1, 0.15) is 0 Å². The predicted octanol–water partition coefficient (Wildman–Crippen LogP) is 3.32. The van der Waals surface area contributed by atoms with Crippen LogP contribution < -0.4 is 5.73 Å². The normalized spacial score (nSPS) is 11.2. The number of rotatable bonds is 7. The molecule has 0 fully saturated rings. The molecule has 0 amide bonds. The summed E-state index contributed by atoms with van der Waals surface area (Å²) in [6.45, 7) is 3.77. The fourth-order valence-corrected chi connectivity index (χ4v) is 2.71. The maximum absolute atomic E-state index is 5.51. The van der Waals surface area contributed by atoms with Crippen molar-refractivity contribution in [2.45, 2.75) is 39.2 Å². The number of nitrogens with two attached hydrogens (primary N) is 1. The van der Waals surface area contributed by atoms with Crippen molar-refractivity contribution in [1.82, 2.24) is 19.7 Å². The second kappa shape index (κ2) is 7.33. The Balaban J connectivity index is 1.70. The highest BCUT2D eigenvalue weighted by Gasteiger charge is 2.06. The van der Waals surface area contributed by atoms with Gasteiger partial charge < -0.3 is 5.73 Å². The highest BCUT2D eigenvalue weighted by atomic mass is 15.3. The SMILES string of the molecule is Cc1cccc2nc(-c3cnn(CCCCCCN)c3)cnc12. The maximum Gasteiger partial charge on any atom is 0.0924 e. The van der Waals surface area contributed by atoms with Crippen LogP contribution in [0.3, 0.4) is 0 Å². The van der Waals surface area contributed by atoms with Gasteiger partial charge in [-0.25, -0.2) is 4.98 Å². The molecular formula is C18H23N5. The summed E-state index contributed by atoms with van der Waals surface area (Å²) in [5, 5.41) is 4.43. The summed E-state index contributed by atoms with van der Waals surface area (Å²) in [5.41, 5.74) is 10.4. The van der Waals surface area contributed by atoms with E-state index in [9.17, 15) is 0 Å². The molecule has 0 saturated heterocycles. The van der Waals surface area contributed by atoms with Crippen molar-refractivity contribution >= 4 is 11.0 Å². The highest BCUT2D eigenvalue weighted by molar-refractivity contribution is 5.79. The van der Waals surface area contributed by atoms with Crippen LogP contribution in [0.15, 0.2) is 36.8 Å². The van der Waals surface area contributed by atoms with Crippen LogP contribution in [0.5, 0.6) is 0 Å². The second-order valence-electron chi connectivity index (χ2n) is 5.89. The fraction of sp³-hybridized carbons (Fsp3) is 0.389. The van der Waals surface area contributed by atoms with Crippen molar-refractivity contribution in [2.75, 3.05) is 6.54 Å². The lowest BCUT2D eigenvalue weighted by atomic mass is 10.2. The minimum absolute atomic E-state index is 0.784. The van der Waals surface area contributed by atoms with Gasteiger partial charge in [0.25, 0.3) is 0 Å². The zero-order valence-corrected chi connectivity index (χ0v) is 13.6. The monoisotopic (exact) mass is 309 g/mol. The summed E-state index contributed by atoms with van der Waals surface area (Å²) in [6.07, 6.45) is 10.4. The molecule has 5 nitrogen and oxygen atoms in total. The standard InChI is InChI=1S/C18H23N5/c1-14-7-6-8-16-18(14)20-12-17(22-16)15-11-21-23(13-15)10-5-3-2-4-9-19/h6-8,11-13H,2-5,9-10,19H2,1H3. The van der Waals surface area contributed by atoms with Crippen LogP contribution in [0.1, 0.15) is 31.2 Å². The molecule has 120 valence electrons. The van der Waals surface area contributed by atoms with Gasteiger partial charge in [-0.15, -0.1) is 0 Å². The van der Waals surface area contributed by atoms with E-state index in [0.29, 0.717) is 0 Å². The summed E-state index contributed by atoms with van der Waals surface area (Å²) in [4.78, 5) is 9.26. The van der Waals surface area contributed by atoms with Crippen molar-refractivity contribution in [3.05, 3.63) is 42.4 Å². The Kier molecular flexibility index (Phi) is 4.98. The minimum atomic E-state index is 0.784. The first-order chi connectivity index (χ1) is 11.3. The van der Waals surface area contributed by atoms with E-state index in [-0.39, 0.29) is 0 Å². The molecule has 3 aromatic rings. The maximum atomic E-state index is 5.51. The number of para-hydroxylation sites is 1. The first kappa shape index (κ1) is 15.6. The fourth-order valence-electron chi connectivity index (χ4n) is 2.71. The molecule has 0 saturated carbocycles. The number of aromatic nitrogens is 4. The summed E-state index contributed by atoms with van der Waals surface area (Å²) in [5.74, 6) is 0. The molecular weight excluding hydrogens is 286 g/mol. The van der Waals surface area contributed by atoms with Gasteiger partial charge >= 0.3 is 0 Å². The van der Waals surface area contributed by atoms with Gasteiger partial charge in [0, 0.05) is 18.3 Å². The Bertz CT molecular complexity index is 778. The van der Waals surface area contributed by atoms with Crippen molar-refractivity contribution in [2.24, 2.45) is 5.73 Å². The molecule has 2 N–H and O–H groups in total. The minimum Gasteiger partial charge on any atom is -0.330 e. The van der Waals surface area contributed by atoms with Gasteiger partial charge in [0.2, 0.25) is 0 Å². The van der Waals surface area contributed by atoms with Crippen LogP contribution in [0.2, 0.25) is 0 Å². The van der Waals surface area contributed by atoms with E-state index in [1.807, 2.05) is 29.2 Å². The Hall–Kier alpha value is -2.27. The largest absolute Gasteiger partial charge is 0.330 e. The topological polar surface area (TPSA) is 69.6 Å². The van der Waals surface area contributed by atoms with Gasteiger partial charge in [-0.2, -0.15) is 5.10 Å². The smallest absolute Gasteiger partial charge is 0.0924 e. The molecule has 0 radical (unpaired) electrons. The summed E-state index contributed by atoms with van der Waals surface area (Å²) < 4.78 is 1.99. The Morgan fingerprint density at radius 2 is 1.96 bits per heavy atom. The molecule has 0 unspecified atom stereocenters. The molecule has 1 aromatic carbocycles. The van der Waals surface area contributed by atoms with Crippen molar-refractivity contribution < 1.29 is 0 Å². The van der Waals surface area contributed by atoms with Crippen LogP contribution in [0.4, 0.5) is 0 Å². The van der Waals surface area contributed by atoms with Crippen molar-refractivity contribution in [1.29, 1.82) is 0 Å². The highest BCUT2D eigenvalue weighted by Crippen LogP contribution is 2.20. The van der Waals surface area contributed by atoms with E-state index in [0.717, 1.165) is 53.8 Å². The van der Waals surface area contributed by atoms with Crippen LogP contribution >= 0.6 is 0 Å². The van der Waals surface area contributed by atoms with Gasteiger partial charge in [-0.1, -0.05) is 25.0 Å². The molecule has 0 bridgehead atoms. The number of unbranched alkanes of at least 4 members (excludes halogenated alkanes) is 3. The van der Waals surface area contributed by atoms with Crippen LogP contribution in [-0.2, 0) is 6.54 Å². The summed E-state index contributed by atoms with van der Waals surface area (Å²) >= 11 is 0. The van der Waals surface area contributed by atoms with Crippen LogP contribution in [0.25, 0.3) is 22.3 Å². The number of benzene rings is 1. The van der Waals surface area contributed by atoms with Gasteiger partial charge in [0.05, 0.1) is 29.1 Å². The van der Waals surface area contributed by atoms with Gasteiger partial charge in [-0.05, 0) is 37.9 Å². The second-order valence-corrected chi connectivity index (χ2v) is 5.89. The molecule has 0 spiro atoms.